The zero-order valence-corrected chi connectivity index (χ0v) is 12.9. The van der Waals surface area contributed by atoms with Crippen molar-refractivity contribution in [3.05, 3.63) is 28.2 Å². The molecule has 0 saturated carbocycles. The molecule has 1 fully saturated rings. The van der Waals surface area contributed by atoms with Gasteiger partial charge in [-0.25, -0.2) is 0 Å². The fourth-order valence-electron chi connectivity index (χ4n) is 3.12. The second kappa shape index (κ2) is 4.60. The number of carbonyl (C=O) groups is 1. The number of piperidine rings is 1. The lowest BCUT2D eigenvalue weighted by atomic mass is 9.80. The summed E-state index contributed by atoms with van der Waals surface area (Å²) in [6, 6.07) is 6.16. The maximum Gasteiger partial charge on any atom is 0.170 e. The van der Waals surface area contributed by atoms with E-state index in [1.54, 1.807) is 0 Å². The number of halogens is 1. The van der Waals surface area contributed by atoms with Crippen molar-refractivity contribution in [3.8, 4) is 5.75 Å². The highest BCUT2D eigenvalue weighted by Gasteiger charge is 2.44. The fraction of sp³-hybridized carbons (Fsp3) is 0.533. The van der Waals surface area contributed by atoms with E-state index in [1.165, 1.54) is 0 Å². The molecule has 1 aromatic carbocycles. The van der Waals surface area contributed by atoms with Gasteiger partial charge in [0, 0.05) is 29.9 Å². The van der Waals surface area contributed by atoms with Crippen molar-refractivity contribution in [3.63, 3.8) is 0 Å². The Bertz CT molecular complexity index is 531. The molecule has 2 unspecified atom stereocenters. The highest BCUT2D eigenvalue weighted by atomic mass is 79.9. The third kappa shape index (κ3) is 2.32. The maximum atomic E-state index is 12.4. The standard InChI is InChI=1S/C15H18BrNO2/c1-10-8-15(5-6-17(10)2)9-13(18)12-7-11(16)3-4-14(12)19-15/h3-4,7,10H,5-6,8-9H2,1-2H3. The number of benzene rings is 1. The van der Waals surface area contributed by atoms with E-state index in [0.717, 1.165) is 29.6 Å². The Morgan fingerprint density at radius 2 is 2.26 bits per heavy atom. The first kappa shape index (κ1) is 13.1. The molecule has 19 heavy (non-hydrogen) atoms. The Kier molecular flexibility index (Phi) is 3.18. The lowest BCUT2D eigenvalue weighted by molar-refractivity contribution is -0.0228. The number of rotatable bonds is 0. The molecule has 102 valence electrons. The van der Waals surface area contributed by atoms with Gasteiger partial charge in [-0.3, -0.25) is 4.79 Å². The van der Waals surface area contributed by atoms with E-state index in [9.17, 15) is 4.79 Å². The molecular formula is C15H18BrNO2. The summed E-state index contributed by atoms with van der Waals surface area (Å²) in [4.78, 5) is 14.7. The van der Waals surface area contributed by atoms with Gasteiger partial charge < -0.3 is 9.64 Å². The fourth-order valence-corrected chi connectivity index (χ4v) is 3.48. The smallest absolute Gasteiger partial charge is 0.170 e. The van der Waals surface area contributed by atoms with Crippen LogP contribution < -0.4 is 4.74 Å². The van der Waals surface area contributed by atoms with Crippen molar-refractivity contribution < 1.29 is 9.53 Å². The number of fused-ring (bicyclic) bond motifs is 1. The van der Waals surface area contributed by atoms with Crippen LogP contribution in [-0.4, -0.2) is 35.9 Å². The van der Waals surface area contributed by atoms with Gasteiger partial charge in [0.1, 0.15) is 11.4 Å². The molecule has 0 bridgehead atoms. The highest BCUT2D eigenvalue weighted by Crippen LogP contribution is 2.41. The first-order valence-corrected chi connectivity index (χ1v) is 7.50. The summed E-state index contributed by atoms with van der Waals surface area (Å²) in [5.74, 6) is 0.954. The third-order valence-corrected chi connectivity index (χ3v) is 4.88. The van der Waals surface area contributed by atoms with Crippen LogP contribution in [0.2, 0.25) is 0 Å². The lowest BCUT2D eigenvalue weighted by Gasteiger charge is -2.46. The number of likely N-dealkylation sites (tertiary alicyclic amines) is 1. The van der Waals surface area contributed by atoms with Gasteiger partial charge in [-0.05, 0) is 32.2 Å². The van der Waals surface area contributed by atoms with E-state index in [1.807, 2.05) is 18.2 Å². The van der Waals surface area contributed by atoms with Crippen molar-refractivity contribution in [2.75, 3.05) is 13.6 Å². The number of ether oxygens (including phenoxy) is 1. The summed E-state index contributed by atoms with van der Waals surface area (Å²) < 4.78 is 7.16. The van der Waals surface area contributed by atoms with E-state index in [4.69, 9.17) is 4.74 Å². The Hall–Kier alpha value is -0.870. The van der Waals surface area contributed by atoms with Gasteiger partial charge in [0.15, 0.2) is 5.78 Å². The molecule has 0 aromatic heterocycles. The van der Waals surface area contributed by atoms with Crippen LogP contribution in [0.15, 0.2) is 22.7 Å². The highest BCUT2D eigenvalue weighted by molar-refractivity contribution is 9.10. The first-order chi connectivity index (χ1) is 8.99. The number of ketones is 1. The van der Waals surface area contributed by atoms with Crippen LogP contribution in [0.1, 0.15) is 36.5 Å². The quantitative estimate of drug-likeness (QED) is 0.734. The molecule has 0 radical (unpaired) electrons. The van der Waals surface area contributed by atoms with Crippen LogP contribution in [0.25, 0.3) is 0 Å². The van der Waals surface area contributed by atoms with Gasteiger partial charge in [-0.1, -0.05) is 15.9 Å². The Balaban J connectivity index is 1.93. The topological polar surface area (TPSA) is 29.5 Å². The van der Waals surface area contributed by atoms with Crippen molar-refractivity contribution in [2.45, 2.75) is 37.8 Å². The SMILES string of the molecule is CC1CC2(CCN1C)CC(=O)c1cc(Br)ccc1O2. The molecule has 2 heterocycles. The average Bonchev–Trinajstić information content (AvgIpc) is 2.36. The number of nitrogens with zero attached hydrogens (tertiary/aromatic N) is 1. The summed E-state index contributed by atoms with van der Waals surface area (Å²) in [5.41, 5.74) is 0.427. The third-order valence-electron chi connectivity index (χ3n) is 4.39. The van der Waals surface area contributed by atoms with E-state index in [0.29, 0.717) is 18.0 Å². The Morgan fingerprint density at radius 1 is 1.47 bits per heavy atom. The summed E-state index contributed by atoms with van der Waals surface area (Å²) in [7, 11) is 2.13. The molecular weight excluding hydrogens is 306 g/mol. The van der Waals surface area contributed by atoms with E-state index >= 15 is 0 Å². The molecule has 1 aromatic rings. The minimum absolute atomic E-state index is 0.208. The zero-order chi connectivity index (χ0) is 13.6. The molecule has 2 aliphatic heterocycles. The van der Waals surface area contributed by atoms with Crippen molar-refractivity contribution in [1.29, 1.82) is 0 Å². The number of hydrogen-bond donors (Lipinski definition) is 0. The number of carbonyl (C=O) groups excluding carboxylic acids is 1. The van der Waals surface area contributed by atoms with Crippen LogP contribution in [0.4, 0.5) is 0 Å². The second-order valence-electron chi connectivity index (χ2n) is 5.81. The van der Waals surface area contributed by atoms with Crippen LogP contribution in [0, 0.1) is 0 Å². The van der Waals surface area contributed by atoms with Gasteiger partial charge in [0.05, 0.1) is 12.0 Å². The molecule has 2 aliphatic rings. The minimum atomic E-state index is -0.288. The summed E-state index contributed by atoms with van der Waals surface area (Å²) in [5, 5.41) is 0. The average molecular weight is 324 g/mol. The van der Waals surface area contributed by atoms with Crippen LogP contribution in [-0.2, 0) is 0 Å². The van der Waals surface area contributed by atoms with E-state index in [2.05, 4.69) is 34.8 Å². The summed E-state index contributed by atoms with van der Waals surface area (Å²) >= 11 is 3.41. The van der Waals surface area contributed by atoms with Gasteiger partial charge in [-0.15, -0.1) is 0 Å². The van der Waals surface area contributed by atoms with E-state index < -0.39 is 0 Å². The van der Waals surface area contributed by atoms with E-state index in [-0.39, 0.29) is 11.4 Å². The molecule has 0 aliphatic carbocycles. The van der Waals surface area contributed by atoms with Crippen molar-refractivity contribution in [1.82, 2.24) is 4.90 Å². The predicted octanol–water partition coefficient (Wildman–Crippen LogP) is 3.27. The molecule has 1 spiro atoms. The first-order valence-electron chi connectivity index (χ1n) is 6.71. The summed E-state index contributed by atoms with van der Waals surface area (Å²) in [6.07, 6.45) is 2.36. The maximum absolute atomic E-state index is 12.4. The molecule has 2 atom stereocenters. The zero-order valence-electron chi connectivity index (χ0n) is 11.3. The normalized spacial score (nSPS) is 31.1. The second-order valence-corrected chi connectivity index (χ2v) is 6.72. The van der Waals surface area contributed by atoms with Gasteiger partial charge in [0.2, 0.25) is 0 Å². The van der Waals surface area contributed by atoms with Crippen molar-refractivity contribution in [2.24, 2.45) is 0 Å². The predicted molar refractivity (Wildman–Crippen MR) is 77.8 cm³/mol. The van der Waals surface area contributed by atoms with Crippen LogP contribution in [0.5, 0.6) is 5.75 Å². The molecule has 3 rings (SSSR count). The Morgan fingerprint density at radius 3 is 3.00 bits per heavy atom. The number of hydrogen-bond acceptors (Lipinski definition) is 3. The van der Waals surface area contributed by atoms with Gasteiger partial charge in [0.25, 0.3) is 0 Å². The Labute approximate surface area is 122 Å². The van der Waals surface area contributed by atoms with Crippen LogP contribution in [0.3, 0.4) is 0 Å². The van der Waals surface area contributed by atoms with Crippen molar-refractivity contribution >= 4 is 21.7 Å². The molecule has 4 heteroatoms. The largest absolute Gasteiger partial charge is 0.486 e. The minimum Gasteiger partial charge on any atom is -0.486 e. The van der Waals surface area contributed by atoms with Gasteiger partial charge in [-0.2, -0.15) is 0 Å². The molecule has 0 N–H and O–H groups in total. The van der Waals surface area contributed by atoms with Gasteiger partial charge >= 0.3 is 0 Å². The summed E-state index contributed by atoms with van der Waals surface area (Å²) in [6.45, 7) is 3.19. The molecule has 1 saturated heterocycles. The lowest BCUT2D eigenvalue weighted by Crippen LogP contribution is -2.53. The molecule has 3 nitrogen and oxygen atoms in total. The monoisotopic (exact) mass is 323 g/mol. The van der Waals surface area contributed by atoms with Crippen LogP contribution >= 0.6 is 15.9 Å². The molecule has 0 amide bonds. The number of Topliss-reactive ketones (excluding diaryl/α,β-unsaturated/α-hetero) is 1.